The van der Waals surface area contributed by atoms with E-state index in [2.05, 4.69) is 20.3 Å². The lowest BCUT2D eigenvalue weighted by Crippen LogP contribution is -2.14. The molecule has 0 unspecified atom stereocenters. The maximum Gasteiger partial charge on any atom is 0.387 e. The highest BCUT2D eigenvalue weighted by atomic mass is 35.5. The highest BCUT2D eigenvalue weighted by Gasteiger charge is 2.15. The van der Waals surface area contributed by atoms with Crippen LogP contribution in [-0.4, -0.2) is 33.0 Å². The summed E-state index contributed by atoms with van der Waals surface area (Å²) >= 11 is 7.18. The number of carbonyl (C=O) groups excluding carboxylic acids is 1. The van der Waals surface area contributed by atoms with Gasteiger partial charge in [0.05, 0.1) is 5.75 Å². The average Bonchev–Trinajstić information content (AvgIpc) is 3.11. The number of aromatic nitrogens is 3. The fourth-order valence-corrected chi connectivity index (χ4v) is 3.47. The van der Waals surface area contributed by atoms with Gasteiger partial charge in [0.15, 0.2) is 11.0 Å². The van der Waals surface area contributed by atoms with Gasteiger partial charge in [-0.05, 0) is 55.5 Å². The van der Waals surface area contributed by atoms with Crippen molar-refractivity contribution in [2.75, 3.05) is 11.1 Å². The Balaban J connectivity index is 1.61. The lowest BCUT2D eigenvalue weighted by Gasteiger charge is -2.09. The molecule has 0 atom stereocenters. The third kappa shape index (κ3) is 5.68. The van der Waals surface area contributed by atoms with Crippen LogP contribution in [0, 0.1) is 0 Å². The minimum Gasteiger partial charge on any atom is -0.435 e. The minimum absolute atomic E-state index is 0.0261. The van der Waals surface area contributed by atoms with E-state index < -0.39 is 6.61 Å². The fourth-order valence-electron chi connectivity index (χ4n) is 2.54. The molecule has 0 aliphatic carbocycles. The van der Waals surface area contributed by atoms with Crippen LogP contribution in [0.1, 0.15) is 6.92 Å². The summed E-state index contributed by atoms with van der Waals surface area (Å²) in [5.74, 6) is 0.588. The zero-order chi connectivity index (χ0) is 20.8. The number of benzene rings is 2. The third-order valence-electron chi connectivity index (χ3n) is 3.83. The number of nitrogens with one attached hydrogen (secondary N) is 1. The fraction of sp³-hybridized carbons (Fsp3) is 0.211. The Hall–Kier alpha value is -2.65. The Morgan fingerprint density at radius 3 is 2.48 bits per heavy atom. The number of nitrogens with zero attached hydrogens (tertiary/aromatic N) is 3. The van der Waals surface area contributed by atoms with Crippen LogP contribution in [0.15, 0.2) is 53.7 Å². The van der Waals surface area contributed by atoms with Crippen molar-refractivity contribution in [2.24, 2.45) is 0 Å². The van der Waals surface area contributed by atoms with Crippen molar-refractivity contribution in [2.45, 2.75) is 25.2 Å². The molecular formula is C19H17ClF2N4O2S. The first-order chi connectivity index (χ1) is 14.0. The summed E-state index contributed by atoms with van der Waals surface area (Å²) in [6.45, 7) is -0.281. The van der Waals surface area contributed by atoms with Crippen LogP contribution in [-0.2, 0) is 11.3 Å². The molecule has 1 heterocycles. The molecule has 0 aliphatic heterocycles. The van der Waals surface area contributed by atoms with E-state index in [0.717, 1.165) is 5.56 Å². The van der Waals surface area contributed by atoms with Crippen LogP contribution >= 0.6 is 23.4 Å². The van der Waals surface area contributed by atoms with E-state index in [1.807, 2.05) is 23.6 Å². The zero-order valence-corrected chi connectivity index (χ0v) is 16.9. The highest BCUT2D eigenvalue weighted by molar-refractivity contribution is 7.99. The Morgan fingerprint density at radius 2 is 1.86 bits per heavy atom. The van der Waals surface area contributed by atoms with E-state index in [1.54, 1.807) is 12.1 Å². The van der Waals surface area contributed by atoms with Gasteiger partial charge < -0.3 is 14.6 Å². The first-order valence-corrected chi connectivity index (χ1v) is 9.99. The number of ether oxygens (including phenoxy) is 1. The molecule has 6 nitrogen and oxygen atoms in total. The lowest BCUT2D eigenvalue weighted by atomic mass is 10.2. The van der Waals surface area contributed by atoms with Crippen molar-refractivity contribution >= 4 is 35.0 Å². The van der Waals surface area contributed by atoms with Crippen LogP contribution in [0.25, 0.3) is 11.4 Å². The van der Waals surface area contributed by atoms with Gasteiger partial charge in [-0.25, -0.2) is 0 Å². The second-order valence-corrected chi connectivity index (χ2v) is 7.18. The zero-order valence-electron chi connectivity index (χ0n) is 15.3. The first kappa shape index (κ1) is 21.1. The lowest BCUT2D eigenvalue weighted by molar-refractivity contribution is -0.113. The minimum atomic E-state index is -2.89. The average molecular weight is 439 g/mol. The molecule has 0 aliphatic rings. The molecule has 1 aromatic heterocycles. The van der Waals surface area contributed by atoms with Crippen LogP contribution in [0.3, 0.4) is 0 Å². The monoisotopic (exact) mass is 438 g/mol. The molecule has 0 saturated heterocycles. The number of hydrogen-bond donors (Lipinski definition) is 1. The predicted octanol–water partition coefficient (Wildman–Crippen LogP) is 4.95. The normalized spacial score (nSPS) is 10.9. The van der Waals surface area contributed by atoms with Gasteiger partial charge in [-0.15, -0.1) is 10.2 Å². The summed E-state index contributed by atoms with van der Waals surface area (Å²) in [6.07, 6.45) is 0. The van der Waals surface area contributed by atoms with Gasteiger partial charge in [0, 0.05) is 22.8 Å². The van der Waals surface area contributed by atoms with Crippen molar-refractivity contribution in [3.8, 4) is 17.1 Å². The van der Waals surface area contributed by atoms with Crippen LogP contribution in [0.5, 0.6) is 5.75 Å². The van der Waals surface area contributed by atoms with Gasteiger partial charge in [0.1, 0.15) is 5.75 Å². The topological polar surface area (TPSA) is 69.0 Å². The summed E-state index contributed by atoms with van der Waals surface area (Å²) in [5.41, 5.74) is 1.36. The van der Waals surface area contributed by atoms with E-state index >= 15 is 0 Å². The second kappa shape index (κ2) is 9.71. The van der Waals surface area contributed by atoms with E-state index in [4.69, 9.17) is 11.6 Å². The molecule has 0 bridgehead atoms. The van der Waals surface area contributed by atoms with Crippen molar-refractivity contribution < 1.29 is 18.3 Å². The smallest absolute Gasteiger partial charge is 0.387 e. The predicted molar refractivity (Wildman–Crippen MR) is 109 cm³/mol. The quantitative estimate of drug-likeness (QED) is 0.504. The van der Waals surface area contributed by atoms with Gasteiger partial charge in [0.25, 0.3) is 0 Å². The molecule has 152 valence electrons. The molecule has 0 saturated carbocycles. The van der Waals surface area contributed by atoms with Gasteiger partial charge >= 0.3 is 6.61 Å². The largest absolute Gasteiger partial charge is 0.435 e. The van der Waals surface area contributed by atoms with Crippen LogP contribution < -0.4 is 10.1 Å². The Labute approximate surface area is 175 Å². The summed E-state index contributed by atoms with van der Waals surface area (Å²) in [4.78, 5) is 12.2. The van der Waals surface area contributed by atoms with Crippen molar-refractivity contribution in [3.05, 3.63) is 53.6 Å². The SMILES string of the molecule is CCn1c(SCC(=O)Nc2ccc(OC(F)F)cc2)nnc1-c1ccc(Cl)cc1. The van der Waals surface area contributed by atoms with Crippen LogP contribution in [0.4, 0.5) is 14.5 Å². The maximum absolute atomic E-state index is 12.2. The Morgan fingerprint density at radius 1 is 1.17 bits per heavy atom. The van der Waals surface area contributed by atoms with Crippen molar-refractivity contribution in [1.82, 2.24) is 14.8 Å². The maximum atomic E-state index is 12.2. The van der Waals surface area contributed by atoms with Gasteiger partial charge in [0.2, 0.25) is 5.91 Å². The second-order valence-electron chi connectivity index (χ2n) is 5.80. The number of thioether (sulfide) groups is 1. The number of anilines is 1. The van der Waals surface area contributed by atoms with Gasteiger partial charge in [-0.3, -0.25) is 4.79 Å². The van der Waals surface area contributed by atoms with E-state index in [9.17, 15) is 13.6 Å². The molecule has 29 heavy (non-hydrogen) atoms. The molecule has 2 aromatic carbocycles. The highest BCUT2D eigenvalue weighted by Crippen LogP contribution is 2.25. The van der Waals surface area contributed by atoms with Crippen molar-refractivity contribution in [3.63, 3.8) is 0 Å². The summed E-state index contributed by atoms with van der Waals surface area (Å²) in [6, 6.07) is 13.0. The van der Waals surface area contributed by atoms with E-state index in [0.29, 0.717) is 28.2 Å². The molecule has 0 spiro atoms. The number of rotatable bonds is 8. The van der Waals surface area contributed by atoms with Gasteiger partial charge in [-0.1, -0.05) is 23.4 Å². The number of halogens is 3. The molecule has 1 amide bonds. The summed E-state index contributed by atoms with van der Waals surface area (Å²) in [7, 11) is 0. The third-order valence-corrected chi connectivity index (χ3v) is 5.05. The first-order valence-electron chi connectivity index (χ1n) is 8.63. The molecule has 3 aromatic rings. The van der Waals surface area contributed by atoms with Crippen LogP contribution in [0.2, 0.25) is 5.02 Å². The summed E-state index contributed by atoms with van der Waals surface area (Å²) < 4.78 is 30.5. The van der Waals surface area contributed by atoms with E-state index in [1.165, 1.54) is 36.0 Å². The molecular weight excluding hydrogens is 422 g/mol. The summed E-state index contributed by atoms with van der Waals surface area (Å²) in [5, 5.41) is 12.4. The van der Waals surface area contributed by atoms with E-state index in [-0.39, 0.29) is 17.4 Å². The molecule has 3 rings (SSSR count). The number of alkyl halides is 2. The van der Waals surface area contributed by atoms with Gasteiger partial charge in [-0.2, -0.15) is 8.78 Å². The number of hydrogen-bond acceptors (Lipinski definition) is 5. The van der Waals surface area contributed by atoms with Crippen molar-refractivity contribution in [1.29, 1.82) is 0 Å². The molecule has 0 fully saturated rings. The number of amides is 1. The molecule has 1 N–H and O–H groups in total. The standard InChI is InChI=1S/C19H17ClF2N4O2S/c1-2-26-17(12-3-5-13(20)6-4-12)24-25-19(26)29-11-16(27)23-14-7-9-15(10-8-14)28-18(21)22/h3-10,18H,2,11H2,1H3,(H,23,27). The Kier molecular flexibility index (Phi) is 7.05. The molecule has 0 radical (unpaired) electrons. The number of carbonyl (C=O) groups is 1. The molecule has 10 heteroatoms. The Bertz CT molecular complexity index is 965.